The van der Waals surface area contributed by atoms with Crippen molar-refractivity contribution in [2.24, 2.45) is 5.92 Å². The number of nitrogens with one attached hydrogen (secondary N) is 2. The fourth-order valence-electron chi connectivity index (χ4n) is 4.78. The van der Waals surface area contributed by atoms with Crippen molar-refractivity contribution >= 4 is 34.9 Å². The van der Waals surface area contributed by atoms with E-state index >= 15 is 0 Å². The van der Waals surface area contributed by atoms with Crippen LogP contribution in [0.4, 0.5) is 17.6 Å². The van der Waals surface area contributed by atoms with Crippen LogP contribution in [0.2, 0.25) is 0 Å². The molecule has 2 N–H and O–H groups in total. The Kier molecular flexibility index (Phi) is 7.45. The molecule has 2 aliphatic heterocycles. The average Bonchev–Trinajstić information content (AvgIpc) is 2.79. The summed E-state index contributed by atoms with van der Waals surface area (Å²) in [5.41, 5.74) is 1.19. The molecule has 2 aromatic rings. The second-order valence-corrected chi connectivity index (χ2v) is 9.78. The van der Waals surface area contributed by atoms with E-state index in [0.29, 0.717) is 23.0 Å². The SMILES string of the molecule is C[C@@H]1CCCN(c2cc(N3CCCC[C@H]3C)nc(NC(=S)N[C@H](C)c3ccccc3)n2)C1. The predicted octanol–water partition coefficient (Wildman–Crippen LogP) is 5.14. The minimum absolute atomic E-state index is 0.101. The van der Waals surface area contributed by atoms with Crippen LogP contribution in [0.25, 0.3) is 0 Å². The summed E-state index contributed by atoms with van der Waals surface area (Å²) < 4.78 is 0. The molecule has 0 amide bonds. The number of rotatable bonds is 5. The predicted molar refractivity (Wildman–Crippen MR) is 138 cm³/mol. The molecule has 7 heteroatoms. The Bertz CT molecular complexity index is 905. The molecule has 3 heterocycles. The van der Waals surface area contributed by atoms with Crippen LogP contribution in [0.15, 0.2) is 36.4 Å². The second kappa shape index (κ2) is 10.5. The Hall–Kier alpha value is -2.41. The molecule has 0 saturated carbocycles. The summed E-state index contributed by atoms with van der Waals surface area (Å²) in [4.78, 5) is 14.6. The Labute approximate surface area is 197 Å². The quantitative estimate of drug-likeness (QED) is 0.609. The van der Waals surface area contributed by atoms with Crippen LogP contribution in [-0.4, -0.2) is 40.8 Å². The summed E-state index contributed by atoms with van der Waals surface area (Å²) in [7, 11) is 0. The lowest BCUT2D eigenvalue weighted by Crippen LogP contribution is -2.39. The van der Waals surface area contributed by atoms with Crippen molar-refractivity contribution in [2.75, 3.05) is 34.8 Å². The van der Waals surface area contributed by atoms with Crippen molar-refractivity contribution in [1.29, 1.82) is 0 Å². The number of piperidine rings is 2. The molecule has 2 aliphatic rings. The van der Waals surface area contributed by atoms with Crippen LogP contribution in [-0.2, 0) is 0 Å². The lowest BCUT2D eigenvalue weighted by Gasteiger charge is -2.36. The molecule has 1 aromatic carbocycles. The Balaban J connectivity index is 1.55. The van der Waals surface area contributed by atoms with E-state index in [1.807, 2.05) is 18.2 Å². The molecule has 0 bridgehead atoms. The lowest BCUT2D eigenvalue weighted by atomic mass is 10.0. The maximum Gasteiger partial charge on any atom is 0.232 e. The van der Waals surface area contributed by atoms with Gasteiger partial charge >= 0.3 is 0 Å². The smallest absolute Gasteiger partial charge is 0.232 e. The van der Waals surface area contributed by atoms with Gasteiger partial charge in [-0.15, -0.1) is 0 Å². The van der Waals surface area contributed by atoms with E-state index in [1.54, 1.807) is 0 Å². The van der Waals surface area contributed by atoms with Crippen molar-refractivity contribution < 1.29 is 0 Å². The first-order chi connectivity index (χ1) is 15.5. The molecular weight excluding hydrogens is 416 g/mol. The number of nitrogens with zero attached hydrogens (tertiary/aromatic N) is 4. The van der Waals surface area contributed by atoms with Gasteiger partial charge in [-0.2, -0.15) is 9.97 Å². The van der Waals surface area contributed by atoms with E-state index in [4.69, 9.17) is 22.2 Å². The topological polar surface area (TPSA) is 56.3 Å². The number of hydrogen-bond acceptors (Lipinski definition) is 5. The molecule has 2 fully saturated rings. The van der Waals surface area contributed by atoms with E-state index in [9.17, 15) is 0 Å². The van der Waals surface area contributed by atoms with Gasteiger partial charge in [-0.3, -0.25) is 0 Å². The lowest BCUT2D eigenvalue weighted by molar-refractivity contribution is 0.444. The van der Waals surface area contributed by atoms with Crippen molar-refractivity contribution in [1.82, 2.24) is 15.3 Å². The monoisotopic (exact) mass is 452 g/mol. The number of aromatic nitrogens is 2. The van der Waals surface area contributed by atoms with Crippen LogP contribution in [0, 0.1) is 5.92 Å². The third kappa shape index (κ3) is 5.68. The van der Waals surface area contributed by atoms with Gasteiger partial charge in [0.1, 0.15) is 11.6 Å². The normalized spacial score (nSPS) is 22.3. The van der Waals surface area contributed by atoms with Crippen molar-refractivity contribution in [3.63, 3.8) is 0 Å². The van der Waals surface area contributed by atoms with Gasteiger partial charge < -0.3 is 20.4 Å². The average molecular weight is 453 g/mol. The maximum absolute atomic E-state index is 5.62. The maximum atomic E-state index is 5.62. The van der Waals surface area contributed by atoms with Crippen molar-refractivity contribution in [3.8, 4) is 0 Å². The van der Waals surface area contributed by atoms with Gasteiger partial charge in [-0.1, -0.05) is 37.3 Å². The van der Waals surface area contributed by atoms with Crippen LogP contribution in [0.5, 0.6) is 0 Å². The van der Waals surface area contributed by atoms with Gasteiger partial charge in [0, 0.05) is 31.7 Å². The number of hydrogen-bond donors (Lipinski definition) is 2. The summed E-state index contributed by atoms with van der Waals surface area (Å²) in [6.45, 7) is 9.86. The summed E-state index contributed by atoms with van der Waals surface area (Å²) in [6, 6.07) is 13.1. The molecule has 1 aromatic heterocycles. The molecule has 6 nitrogen and oxygen atoms in total. The van der Waals surface area contributed by atoms with Crippen LogP contribution in [0.1, 0.15) is 64.5 Å². The fourth-order valence-corrected chi connectivity index (χ4v) is 5.05. The van der Waals surface area contributed by atoms with Gasteiger partial charge in [0.05, 0.1) is 6.04 Å². The summed E-state index contributed by atoms with van der Waals surface area (Å²) >= 11 is 5.62. The Morgan fingerprint density at radius 1 is 1.03 bits per heavy atom. The van der Waals surface area contributed by atoms with E-state index in [-0.39, 0.29) is 6.04 Å². The summed E-state index contributed by atoms with van der Waals surface area (Å²) in [5.74, 6) is 3.26. The molecule has 0 spiro atoms. The third-order valence-electron chi connectivity index (χ3n) is 6.65. The highest BCUT2D eigenvalue weighted by Crippen LogP contribution is 2.29. The van der Waals surface area contributed by atoms with E-state index in [1.165, 1.54) is 37.7 Å². The molecule has 0 unspecified atom stereocenters. The van der Waals surface area contributed by atoms with E-state index in [2.05, 4.69) is 59.4 Å². The Morgan fingerprint density at radius 2 is 1.81 bits per heavy atom. The zero-order valence-electron chi connectivity index (χ0n) is 19.6. The number of thiocarbonyl (C=S) groups is 1. The first-order valence-electron chi connectivity index (χ1n) is 12.0. The molecule has 0 aliphatic carbocycles. The highest BCUT2D eigenvalue weighted by Gasteiger charge is 2.24. The largest absolute Gasteiger partial charge is 0.356 e. The summed E-state index contributed by atoms with van der Waals surface area (Å²) in [6.07, 6.45) is 6.20. The highest BCUT2D eigenvalue weighted by atomic mass is 32.1. The van der Waals surface area contributed by atoms with Gasteiger partial charge in [0.15, 0.2) is 5.11 Å². The number of anilines is 3. The minimum atomic E-state index is 0.101. The first kappa shape index (κ1) is 22.8. The van der Waals surface area contributed by atoms with Crippen LogP contribution >= 0.6 is 12.2 Å². The zero-order chi connectivity index (χ0) is 22.5. The minimum Gasteiger partial charge on any atom is -0.356 e. The molecule has 32 heavy (non-hydrogen) atoms. The van der Waals surface area contributed by atoms with Crippen molar-refractivity contribution in [2.45, 2.75) is 65.0 Å². The standard InChI is InChI=1S/C25H36N6S/c1-18-10-9-14-30(17-18)22-16-23(31-15-8-7-11-19(31)2)28-24(27-22)29-25(32)26-20(3)21-12-5-4-6-13-21/h4-6,12-13,16,18-20H,7-11,14-15,17H2,1-3H3,(H2,26,27,28,29,32)/t18-,19-,20-/m1/s1. The molecular formula is C25H36N6S. The van der Waals surface area contributed by atoms with E-state index in [0.717, 1.165) is 31.3 Å². The first-order valence-corrected chi connectivity index (χ1v) is 12.4. The molecule has 4 rings (SSSR count). The van der Waals surface area contributed by atoms with Gasteiger partial charge in [0.2, 0.25) is 5.95 Å². The summed E-state index contributed by atoms with van der Waals surface area (Å²) in [5, 5.41) is 7.19. The molecule has 0 radical (unpaired) electrons. The van der Waals surface area contributed by atoms with Gasteiger partial charge in [-0.25, -0.2) is 0 Å². The van der Waals surface area contributed by atoms with Crippen molar-refractivity contribution in [3.05, 3.63) is 42.0 Å². The third-order valence-corrected chi connectivity index (χ3v) is 6.87. The molecule has 2 saturated heterocycles. The van der Waals surface area contributed by atoms with Crippen LogP contribution in [0.3, 0.4) is 0 Å². The highest BCUT2D eigenvalue weighted by molar-refractivity contribution is 7.80. The van der Waals surface area contributed by atoms with E-state index < -0.39 is 0 Å². The molecule has 172 valence electrons. The van der Waals surface area contributed by atoms with Crippen LogP contribution < -0.4 is 20.4 Å². The molecule has 3 atom stereocenters. The zero-order valence-corrected chi connectivity index (χ0v) is 20.4. The second-order valence-electron chi connectivity index (χ2n) is 9.37. The fraction of sp³-hybridized carbons (Fsp3) is 0.560. The Morgan fingerprint density at radius 3 is 2.56 bits per heavy atom. The van der Waals surface area contributed by atoms with Gasteiger partial charge in [-0.05, 0) is 69.7 Å². The van der Waals surface area contributed by atoms with Gasteiger partial charge in [0.25, 0.3) is 0 Å². The number of benzene rings is 1.